The average Bonchev–Trinajstić information content (AvgIpc) is 2.97. The van der Waals surface area contributed by atoms with Crippen molar-refractivity contribution in [2.75, 3.05) is 0 Å². The first-order valence-corrected chi connectivity index (χ1v) is 6.23. The van der Waals surface area contributed by atoms with Gasteiger partial charge in [0.15, 0.2) is 5.82 Å². The number of aromatic amines is 1. The number of rotatable bonds is 2. The summed E-state index contributed by atoms with van der Waals surface area (Å²) < 4.78 is 13.7. The Balaban J connectivity index is 0.000000497. The smallest absolute Gasteiger partial charge is 0.290 e. The van der Waals surface area contributed by atoms with Gasteiger partial charge in [-0.15, -0.1) is 0 Å². The highest BCUT2D eigenvalue weighted by atomic mass is 19.1. The molecule has 0 aliphatic carbocycles. The lowest BCUT2D eigenvalue weighted by Crippen LogP contribution is -1.87. The lowest BCUT2D eigenvalue weighted by Gasteiger charge is -2.00. The van der Waals surface area contributed by atoms with Crippen molar-refractivity contribution in [2.24, 2.45) is 0 Å². The summed E-state index contributed by atoms with van der Waals surface area (Å²) in [5.41, 5.74) is 1.34. The average molecular weight is 288 g/mol. The molecule has 2 aromatic heterocycles. The van der Waals surface area contributed by atoms with E-state index in [0.29, 0.717) is 22.3 Å². The molecule has 0 radical (unpaired) electrons. The minimum atomic E-state index is -0.284. The Morgan fingerprint density at radius 3 is 2.86 bits per heavy atom. The van der Waals surface area contributed by atoms with E-state index in [0.717, 1.165) is 12.2 Å². The summed E-state index contributed by atoms with van der Waals surface area (Å²) in [5.74, 6) is 1.07. The van der Waals surface area contributed by atoms with Crippen LogP contribution in [0, 0.1) is 5.82 Å². The van der Waals surface area contributed by atoms with Gasteiger partial charge in [-0.25, -0.2) is 9.37 Å². The first-order chi connectivity index (χ1) is 10.2. The molecule has 2 heterocycles. The van der Waals surface area contributed by atoms with E-state index in [4.69, 9.17) is 9.90 Å². The number of carbonyl (C=O) groups is 1. The Kier molecular flexibility index (Phi) is 4.55. The monoisotopic (exact) mass is 288 g/mol. The first-order valence-electron chi connectivity index (χ1n) is 6.23. The van der Waals surface area contributed by atoms with E-state index in [-0.39, 0.29) is 12.3 Å². The highest BCUT2D eigenvalue weighted by Gasteiger charge is 2.08. The number of H-pyrrole nitrogens is 1. The largest absolute Gasteiger partial charge is 0.483 e. The number of benzene rings is 1. The Labute approximate surface area is 119 Å². The van der Waals surface area contributed by atoms with Gasteiger partial charge in [0.05, 0.1) is 5.52 Å². The van der Waals surface area contributed by atoms with Crippen LogP contribution in [0.4, 0.5) is 4.39 Å². The third kappa shape index (κ3) is 3.19. The second-order valence-corrected chi connectivity index (χ2v) is 4.10. The Morgan fingerprint density at radius 2 is 2.19 bits per heavy atom. The third-order valence-electron chi connectivity index (χ3n) is 2.80. The molecular formula is C14H13FN4O2. The topological polar surface area (TPSA) is 91.8 Å². The number of hydrogen-bond acceptors (Lipinski definition) is 4. The van der Waals surface area contributed by atoms with Crippen LogP contribution in [0.25, 0.3) is 22.3 Å². The lowest BCUT2D eigenvalue weighted by molar-refractivity contribution is -0.122. The molecule has 108 valence electrons. The Hall–Kier alpha value is -2.83. The maximum Gasteiger partial charge on any atom is 0.290 e. The Morgan fingerprint density at radius 1 is 1.43 bits per heavy atom. The van der Waals surface area contributed by atoms with Gasteiger partial charge in [0, 0.05) is 23.6 Å². The van der Waals surface area contributed by atoms with Crippen LogP contribution < -0.4 is 0 Å². The number of aryl methyl sites for hydroxylation is 1. The number of halogens is 1. The van der Waals surface area contributed by atoms with Crippen molar-refractivity contribution < 1.29 is 14.3 Å². The summed E-state index contributed by atoms with van der Waals surface area (Å²) in [7, 11) is 0. The molecule has 2 N–H and O–H groups in total. The molecule has 6 nitrogen and oxygen atoms in total. The van der Waals surface area contributed by atoms with Gasteiger partial charge in [-0.05, 0) is 18.2 Å². The van der Waals surface area contributed by atoms with E-state index >= 15 is 0 Å². The van der Waals surface area contributed by atoms with E-state index < -0.39 is 0 Å². The number of pyridine rings is 1. The van der Waals surface area contributed by atoms with E-state index in [1.54, 1.807) is 24.4 Å². The first kappa shape index (κ1) is 14.6. The molecule has 0 unspecified atom stereocenters. The molecule has 0 bridgehead atoms. The summed E-state index contributed by atoms with van der Waals surface area (Å²) in [6, 6.07) is 6.56. The van der Waals surface area contributed by atoms with E-state index in [2.05, 4.69) is 20.2 Å². The molecule has 1 aromatic carbocycles. The molecule has 7 heteroatoms. The molecule has 0 spiro atoms. The van der Waals surface area contributed by atoms with Gasteiger partial charge in [0.25, 0.3) is 6.47 Å². The molecule has 0 saturated carbocycles. The molecule has 0 saturated heterocycles. The van der Waals surface area contributed by atoms with Gasteiger partial charge in [-0.1, -0.05) is 13.0 Å². The predicted molar refractivity (Wildman–Crippen MR) is 75.1 cm³/mol. The molecule has 0 amide bonds. The van der Waals surface area contributed by atoms with Crippen LogP contribution >= 0.6 is 0 Å². The van der Waals surface area contributed by atoms with Crippen molar-refractivity contribution in [1.29, 1.82) is 0 Å². The summed E-state index contributed by atoms with van der Waals surface area (Å²) in [5, 5.41) is 14.3. The zero-order chi connectivity index (χ0) is 15.2. The molecule has 3 aromatic rings. The minimum absolute atomic E-state index is 0.250. The van der Waals surface area contributed by atoms with Crippen molar-refractivity contribution in [3.05, 3.63) is 42.1 Å². The second kappa shape index (κ2) is 6.56. The van der Waals surface area contributed by atoms with Crippen LogP contribution in [0.3, 0.4) is 0 Å². The fourth-order valence-electron chi connectivity index (χ4n) is 1.82. The summed E-state index contributed by atoms with van der Waals surface area (Å²) >= 11 is 0. The predicted octanol–water partition coefficient (Wildman–Crippen LogP) is 2.42. The van der Waals surface area contributed by atoms with Crippen molar-refractivity contribution in [1.82, 2.24) is 20.2 Å². The second-order valence-electron chi connectivity index (χ2n) is 4.10. The van der Waals surface area contributed by atoms with Gasteiger partial charge < -0.3 is 5.11 Å². The summed E-state index contributed by atoms with van der Waals surface area (Å²) in [6.45, 7) is 1.74. The highest BCUT2D eigenvalue weighted by Crippen LogP contribution is 2.21. The number of fused-ring (bicyclic) bond motifs is 1. The number of hydrogen-bond donors (Lipinski definition) is 2. The van der Waals surface area contributed by atoms with E-state index in [9.17, 15) is 4.39 Å². The van der Waals surface area contributed by atoms with Crippen molar-refractivity contribution in [3.8, 4) is 11.4 Å². The Bertz CT molecular complexity index is 758. The quantitative estimate of drug-likeness (QED) is 0.706. The molecule has 0 aliphatic rings. The molecule has 0 atom stereocenters. The van der Waals surface area contributed by atoms with Crippen LogP contribution in [0.5, 0.6) is 0 Å². The zero-order valence-electron chi connectivity index (χ0n) is 11.2. The van der Waals surface area contributed by atoms with Gasteiger partial charge in [0.1, 0.15) is 11.6 Å². The minimum Gasteiger partial charge on any atom is -0.483 e. The van der Waals surface area contributed by atoms with Gasteiger partial charge in [-0.3, -0.25) is 14.9 Å². The molecule has 21 heavy (non-hydrogen) atoms. The fraction of sp³-hybridized carbons (Fsp3) is 0.143. The van der Waals surface area contributed by atoms with E-state index in [1.807, 2.05) is 6.92 Å². The summed E-state index contributed by atoms with van der Waals surface area (Å²) in [6.07, 6.45) is 2.44. The fourth-order valence-corrected chi connectivity index (χ4v) is 1.82. The summed E-state index contributed by atoms with van der Waals surface area (Å²) in [4.78, 5) is 16.9. The molecule has 0 aliphatic heterocycles. The maximum absolute atomic E-state index is 13.7. The van der Waals surface area contributed by atoms with Gasteiger partial charge >= 0.3 is 0 Å². The number of nitrogens with one attached hydrogen (secondary N) is 1. The van der Waals surface area contributed by atoms with Crippen LogP contribution in [0.15, 0.2) is 30.5 Å². The highest BCUT2D eigenvalue weighted by molar-refractivity contribution is 5.82. The number of carboxylic acid groups (broad SMARTS) is 1. The normalized spacial score (nSPS) is 10.0. The standard InChI is InChI=1S/C13H11FN4.CH2O2/c1-2-12-16-13(18-17-12)8-6-9-10(14)4-3-5-11(9)15-7-8;2-1-3/h3-7H,2H2,1H3,(H,16,17,18);1H,(H,2,3). The van der Waals surface area contributed by atoms with Crippen molar-refractivity contribution in [3.63, 3.8) is 0 Å². The van der Waals surface area contributed by atoms with Crippen LogP contribution in [0.2, 0.25) is 0 Å². The van der Waals surface area contributed by atoms with Crippen LogP contribution in [-0.2, 0) is 11.2 Å². The molecule has 3 rings (SSSR count). The SMILES string of the molecule is CCc1nc(-c2cnc3cccc(F)c3c2)n[nH]1.O=CO. The lowest BCUT2D eigenvalue weighted by atomic mass is 10.1. The molecular weight excluding hydrogens is 275 g/mol. The van der Waals surface area contributed by atoms with Crippen LogP contribution in [0.1, 0.15) is 12.7 Å². The van der Waals surface area contributed by atoms with Crippen LogP contribution in [-0.4, -0.2) is 31.7 Å². The number of aromatic nitrogens is 4. The van der Waals surface area contributed by atoms with Gasteiger partial charge in [0.2, 0.25) is 0 Å². The third-order valence-corrected chi connectivity index (χ3v) is 2.80. The van der Waals surface area contributed by atoms with E-state index in [1.165, 1.54) is 6.07 Å². The number of nitrogens with zero attached hydrogens (tertiary/aromatic N) is 3. The zero-order valence-corrected chi connectivity index (χ0v) is 11.2. The molecule has 0 fully saturated rings. The maximum atomic E-state index is 13.7. The van der Waals surface area contributed by atoms with Gasteiger partial charge in [-0.2, -0.15) is 5.10 Å². The van der Waals surface area contributed by atoms with Crippen molar-refractivity contribution >= 4 is 17.4 Å². The van der Waals surface area contributed by atoms with Crippen molar-refractivity contribution in [2.45, 2.75) is 13.3 Å².